The highest BCUT2D eigenvalue weighted by Crippen LogP contribution is 2.27. The van der Waals surface area contributed by atoms with Crippen LogP contribution in [0, 0.1) is 0 Å². The summed E-state index contributed by atoms with van der Waals surface area (Å²) in [5, 5.41) is 10.9. The van der Waals surface area contributed by atoms with E-state index in [1.165, 1.54) is 11.8 Å². The minimum absolute atomic E-state index is 0.144. The largest absolute Gasteiger partial charge is 0.497 e. The molecule has 1 aliphatic rings. The Morgan fingerprint density at radius 2 is 1.93 bits per heavy atom. The molecule has 0 radical (unpaired) electrons. The van der Waals surface area contributed by atoms with Gasteiger partial charge in [-0.05, 0) is 53.9 Å². The Balaban J connectivity index is 1.56. The van der Waals surface area contributed by atoms with Gasteiger partial charge in [-0.1, -0.05) is 35.7 Å². The first-order valence-electron chi connectivity index (χ1n) is 8.30. The Labute approximate surface area is 169 Å². The third-order valence-electron chi connectivity index (χ3n) is 3.82. The van der Waals surface area contributed by atoms with Gasteiger partial charge < -0.3 is 10.1 Å². The zero-order valence-corrected chi connectivity index (χ0v) is 16.5. The van der Waals surface area contributed by atoms with Crippen LogP contribution >= 0.6 is 23.5 Å². The minimum Gasteiger partial charge on any atom is -0.497 e. The van der Waals surface area contributed by atoms with E-state index in [0.717, 1.165) is 16.9 Å². The zero-order chi connectivity index (χ0) is 19.9. The number of ether oxygens (including phenoxy) is 1. The van der Waals surface area contributed by atoms with E-state index in [1.807, 2.05) is 24.3 Å². The van der Waals surface area contributed by atoms with Gasteiger partial charge in [-0.3, -0.25) is 4.79 Å². The van der Waals surface area contributed by atoms with Crippen LogP contribution in [0.3, 0.4) is 0 Å². The summed E-state index contributed by atoms with van der Waals surface area (Å²) >= 11 is 1.80. The fraction of sp³-hybridized carbons (Fsp3) is 0.211. The van der Waals surface area contributed by atoms with E-state index in [2.05, 4.69) is 15.5 Å². The van der Waals surface area contributed by atoms with Crippen molar-refractivity contribution >= 4 is 40.8 Å². The number of nitrogens with one attached hydrogen (secondary N) is 1. The maximum absolute atomic E-state index is 12.4. The summed E-state index contributed by atoms with van der Waals surface area (Å²) in [6, 6.07) is 14.1. The third-order valence-corrected chi connectivity index (χ3v) is 5.61. The van der Waals surface area contributed by atoms with Crippen LogP contribution in [0.2, 0.25) is 0 Å². The average Bonchev–Trinajstić information content (AvgIpc) is 3.03. The molecule has 0 aromatic heterocycles. The fourth-order valence-electron chi connectivity index (χ4n) is 2.45. The van der Waals surface area contributed by atoms with Crippen molar-refractivity contribution in [3.8, 4) is 5.75 Å². The van der Waals surface area contributed by atoms with Crippen molar-refractivity contribution in [3.05, 3.63) is 59.7 Å². The number of benzene rings is 2. The van der Waals surface area contributed by atoms with E-state index in [-0.39, 0.29) is 11.2 Å². The molecule has 1 unspecified atom stereocenters. The molecule has 146 valence electrons. The number of amidine groups is 1. The van der Waals surface area contributed by atoms with Crippen LogP contribution < -0.4 is 10.1 Å². The number of thioether (sulfide) groups is 2. The summed E-state index contributed by atoms with van der Waals surface area (Å²) in [4.78, 5) is 12.6. The quantitative estimate of drug-likeness (QED) is 0.414. The molecular formula is C19H17F2N3O2S2. The molecule has 0 bridgehead atoms. The van der Waals surface area contributed by atoms with Crippen molar-refractivity contribution in [2.75, 3.05) is 7.11 Å². The molecule has 1 saturated heterocycles. The van der Waals surface area contributed by atoms with Gasteiger partial charge in [0.25, 0.3) is 5.76 Å². The number of carbonyl (C=O) groups is 1. The summed E-state index contributed by atoms with van der Waals surface area (Å²) in [5.41, 5.74) is 1.76. The number of hydrogen-bond acceptors (Lipinski definition) is 6. The van der Waals surface area contributed by atoms with Crippen molar-refractivity contribution in [2.45, 2.75) is 22.3 Å². The summed E-state index contributed by atoms with van der Waals surface area (Å²) < 4.78 is 29.8. The maximum Gasteiger partial charge on any atom is 0.288 e. The van der Waals surface area contributed by atoms with Crippen molar-refractivity contribution in [2.24, 2.45) is 10.2 Å². The van der Waals surface area contributed by atoms with Crippen molar-refractivity contribution in [1.29, 1.82) is 0 Å². The second-order valence-corrected chi connectivity index (χ2v) is 8.00. The number of nitrogens with zero attached hydrogens (tertiary/aromatic N) is 2. The normalized spacial score (nSPS) is 18.2. The van der Waals surface area contributed by atoms with Crippen LogP contribution in [0.15, 0.2) is 63.6 Å². The predicted octanol–water partition coefficient (Wildman–Crippen LogP) is 4.17. The Morgan fingerprint density at radius 1 is 1.21 bits per heavy atom. The Kier molecular flexibility index (Phi) is 7.05. The standard InChI is InChI=1S/C19H17F2N3O2S2/c1-26-14-6-2-13(3-7-14)11-22-24-19-23-17(25)16(28-19)10-12-4-8-15(9-5-12)27-18(20)21/h2-9,11,16,18H,10H2,1H3,(H,23,24,25)/b22-11+. The van der Waals surface area contributed by atoms with Gasteiger partial charge in [0.2, 0.25) is 5.91 Å². The molecule has 1 N–H and O–H groups in total. The second-order valence-electron chi connectivity index (χ2n) is 5.75. The molecule has 1 aliphatic heterocycles. The number of hydrogen-bond donors (Lipinski definition) is 1. The molecule has 2 aromatic rings. The van der Waals surface area contributed by atoms with Crippen LogP contribution in [-0.2, 0) is 11.2 Å². The number of alkyl halides is 2. The maximum atomic E-state index is 12.4. The lowest BCUT2D eigenvalue weighted by molar-refractivity contribution is -0.118. The van der Waals surface area contributed by atoms with E-state index < -0.39 is 5.76 Å². The van der Waals surface area contributed by atoms with Crippen LogP contribution in [0.1, 0.15) is 11.1 Å². The van der Waals surface area contributed by atoms with Gasteiger partial charge in [-0.15, -0.1) is 5.10 Å². The van der Waals surface area contributed by atoms with Gasteiger partial charge in [-0.2, -0.15) is 13.9 Å². The van der Waals surface area contributed by atoms with Gasteiger partial charge in [0.1, 0.15) is 5.75 Å². The molecule has 5 nitrogen and oxygen atoms in total. The average molecular weight is 421 g/mol. The molecule has 1 fully saturated rings. The molecule has 3 rings (SSSR count). The lowest BCUT2D eigenvalue weighted by Gasteiger charge is -2.06. The van der Waals surface area contributed by atoms with E-state index in [1.54, 1.807) is 37.6 Å². The number of halogens is 2. The highest BCUT2D eigenvalue weighted by molar-refractivity contribution is 8.15. The van der Waals surface area contributed by atoms with E-state index in [0.29, 0.717) is 28.2 Å². The topological polar surface area (TPSA) is 63.1 Å². The lowest BCUT2D eigenvalue weighted by Crippen LogP contribution is -2.25. The zero-order valence-electron chi connectivity index (χ0n) is 14.8. The molecule has 2 aromatic carbocycles. The smallest absolute Gasteiger partial charge is 0.288 e. The number of amides is 1. The first kappa shape index (κ1) is 20.3. The van der Waals surface area contributed by atoms with Gasteiger partial charge >= 0.3 is 0 Å². The fourth-order valence-corrected chi connectivity index (χ4v) is 3.91. The molecule has 28 heavy (non-hydrogen) atoms. The first-order chi connectivity index (χ1) is 13.5. The van der Waals surface area contributed by atoms with Gasteiger partial charge in [0.05, 0.1) is 18.6 Å². The SMILES string of the molecule is COc1ccc(/C=N/N=C2\NC(=O)C(Cc3ccc(SC(F)F)cc3)S2)cc1. The summed E-state index contributed by atoms with van der Waals surface area (Å²) in [6.45, 7) is 0. The molecule has 0 spiro atoms. The molecule has 0 aliphatic carbocycles. The number of carbonyl (C=O) groups excluding carboxylic acids is 1. The van der Waals surface area contributed by atoms with E-state index in [4.69, 9.17) is 4.74 Å². The summed E-state index contributed by atoms with van der Waals surface area (Å²) in [5.74, 6) is -1.83. The van der Waals surface area contributed by atoms with Crippen LogP contribution in [-0.4, -0.2) is 35.4 Å². The molecule has 0 saturated carbocycles. The van der Waals surface area contributed by atoms with Gasteiger partial charge in [-0.25, -0.2) is 0 Å². The molecule has 9 heteroatoms. The highest BCUT2D eigenvalue weighted by Gasteiger charge is 2.30. The van der Waals surface area contributed by atoms with E-state index in [9.17, 15) is 13.6 Å². The Hall–Kier alpha value is -2.39. The minimum atomic E-state index is -2.45. The van der Waals surface area contributed by atoms with Crippen LogP contribution in [0.25, 0.3) is 0 Å². The van der Waals surface area contributed by atoms with Crippen molar-refractivity contribution < 1.29 is 18.3 Å². The molecule has 1 heterocycles. The third kappa shape index (κ3) is 5.80. The van der Waals surface area contributed by atoms with Crippen LogP contribution in [0.4, 0.5) is 8.78 Å². The first-order valence-corrected chi connectivity index (χ1v) is 10.1. The monoisotopic (exact) mass is 421 g/mol. The van der Waals surface area contributed by atoms with Crippen molar-refractivity contribution in [1.82, 2.24) is 5.32 Å². The molecular weight excluding hydrogens is 404 g/mol. The lowest BCUT2D eigenvalue weighted by atomic mass is 10.1. The molecule has 1 atom stereocenters. The predicted molar refractivity (Wildman–Crippen MR) is 110 cm³/mol. The Morgan fingerprint density at radius 3 is 2.57 bits per heavy atom. The molecule has 1 amide bonds. The van der Waals surface area contributed by atoms with Crippen molar-refractivity contribution in [3.63, 3.8) is 0 Å². The highest BCUT2D eigenvalue weighted by atomic mass is 32.2. The summed E-state index contributed by atoms with van der Waals surface area (Å²) in [7, 11) is 1.60. The van der Waals surface area contributed by atoms with Gasteiger partial charge in [0.15, 0.2) is 5.17 Å². The summed E-state index contributed by atoms with van der Waals surface area (Å²) in [6.07, 6.45) is 2.07. The second kappa shape index (κ2) is 9.70. The number of rotatable bonds is 7. The Bertz CT molecular complexity index is 872. The van der Waals surface area contributed by atoms with Gasteiger partial charge in [0, 0.05) is 4.90 Å². The van der Waals surface area contributed by atoms with Crippen LogP contribution in [0.5, 0.6) is 5.75 Å². The number of methoxy groups -OCH3 is 1. The van der Waals surface area contributed by atoms with E-state index >= 15 is 0 Å².